The van der Waals surface area contributed by atoms with Crippen LogP contribution in [0.3, 0.4) is 0 Å². The van der Waals surface area contributed by atoms with Crippen molar-refractivity contribution in [2.24, 2.45) is 0 Å². The number of rotatable bonds is 5. The number of hydrogen-bond donors (Lipinski definition) is 1. The maximum Gasteiger partial charge on any atom is 0.254 e. The van der Waals surface area contributed by atoms with E-state index in [0.717, 1.165) is 24.0 Å². The molecule has 1 aromatic rings. The van der Waals surface area contributed by atoms with Crippen molar-refractivity contribution in [3.63, 3.8) is 0 Å². The Balaban J connectivity index is 1.77. The van der Waals surface area contributed by atoms with E-state index in [-0.39, 0.29) is 12.5 Å². The van der Waals surface area contributed by atoms with E-state index in [1.165, 1.54) is 12.0 Å². The lowest BCUT2D eigenvalue weighted by Gasteiger charge is -2.37. The zero-order valence-electron chi connectivity index (χ0n) is 11.7. The van der Waals surface area contributed by atoms with Crippen LogP contribution in [0.25, 0.3) is 0 Å². The quantitative estimate of drug-likeness (QED) is 0.895. The Bertz CT molecular complexity index is 496. The van der Waals surface area contributed by atoms with E-state index in [2.05, 4.69) is 0 Å². The van der Waals surface area contributed by atoms with Crippen LogP contribution in [0.1, 0.15) is 47.2 Å². The van der Waals surface area contributed by atoms with Crippen LogP contribution in [-0.2, 0) is 18.0 Å². The van der Waals surface area contributed by atoms with Gasteiger partial charge in [-0.1, -0.05) is 6.07 Å². The third-order valence-electron chi connectivity index (χ3n) is 4.30. The summed E-state index contributed by atoms with van der Waals surface area (Å²) >= 11 is 0. The van der Waals surface area contributed by atoms with Crippen molar-refractivity contribution in [1.82, 2.24) is 4.90 Å². The summed E-state index contributed by atoms with van der Waals surface area (Å²) in [7, 11) is 0. The highest BCUT2D eigenvalue weighted by Gasteiger charge is 2.29. The number of carbonyl (C=O) groups is 1. The molecule has 1 fully saturated rings. The first-order valence-electron chi connectivity index (χ1n) is 7.41. The molecular formula is C16H21NO3. The van der Waals surface area contributed by atoms with Crippen molar-refractivity contribution in [2.75, 3.05) is 13.2 Å². The van der Waals surface area contributed by atoms with Gasteiger partial charge in [0.15, 0.2) is 0 Å². The van der Waals surface area contributed by atoms with E-state index in [0.29, 0.717) is 32.2 Å². The molecule has 1 aliphatic carbocycles. The summed E-state index contributed by atoms with van der Waals surface area (Å²) in [4.78, 5) is 14.6. The number of benzene rings is 1. The SMILES string of the molecule is O=C(c1ccc2c(c1)COC2)N(CCCO)C1CCC1. The van der Waals surface area contributed by atoms with Gasteiger partial charge in [-0.25, -0.2) is 0 Å². The monoisotopic (exact) mass is 275 g/mol. The molecule has 0 aromatic heterocycles. The molecule has 0 saturated heterocycles. The lowest BCUT2D eigenvalue weighted by atomic mass is 9.90. The average molecular weight is 275 g/mol. The molecule has 0 bridgehead atoms. The van der Waals surface area contributed by atoms with Crippen LogP contribution >= 0.6 is 0 Å². The fourth-order valence-corrected chi connectivity index (χ4v) is 2.86. The highest BCUT2D eigenvalue weighted by molar-refractivity contribution is 5.94. The van der Waals surface area contributed by atoms with Gasteiger partial charge in [0.2, 0.25) is 0 Å². The van der Waals surface area contributed by atoms with Crippen LogP contribution in [0, 0.1) is 0 Å². The van der Waals surface area contributed by atoms with E-state index in [1.807, 2.05) is 23.1 Å². The topological polar surface area (TPSA) is 49.8 Å². The Morgan fingerprint density at radius 1 is 1.30 bits per heavy atom. The van der Waals surface area contributed by atoms with Gasteiger partial charge in [-0.3, -0.25) is 4.79 Å². The van der Waals surface area contributed by atoms with E-state index in [4.69, 9.17) is 9.84 Å². The highest BCUT2D eigenvalue weighted by atomic mass is 16.5. The Morgan fingerprint density at radius 2 is 2.10 bits per heavy atom. The fourth-order valence-electron chi connectivity index (χ4n) is 2.86. The number of amides is 1. The molecule has 4 nitrogen and oxygen atoms in total. The Morgan fingerprint density at radius 3 is 2.80 bits per heavy atom. The predicted octanol–water partition coefficient (Wildman–Crippen LogP) is 2.09. The summed E-state index contributed by atoms with van der Waals surface area (Å²) in [6, 6.07) is 6.23. The van der Waals surface area contributed by atoms with Crippen molar-refractivity contribution in [3.05, 3.63) is 34.9 Å². The van der Waals surface area contributed by atoms with Crippen molar-refractivity contribution in [2.45, 2.75) is 44.9 Å². The van der Waals surface area contributed by atoms with Gasteiger partial charge in [0.25, 0.3) is 5.91 Å². The van der Waals surface area contributed by atoms with Crippen LogP contribution in [0.4, 0.5) is 0 Å². The number of ether oxygens (including phenoxy) is 1. The predicted molar refractivity (Wildman–Crippen MR) is 75.3 cm³/mol. The second kappa shape index (κ2) is 5.94. The van der Waals surface area contributed by atoms with E-state index in [9.17, 15) is 4.79 Å². The minimum absolute atomic E-state index is 0.0952. The third kappa shape index (κ3) is 2.58. The zero-order valence-corrected chi connectivity index (χ0v) is 11.7. The number of hydrogen-bond acceptors (Lipinski definition) is 3. The Hall–Kier alpha value is -1.39. The number of carbonyl (C=O) groups excluding carboxylic acids is 1. The van der Waals surface area contributed by atoms with E-state index < -0.39 is 0 Å². The number of aliphatic hydroxyl groups excluding tert-OH is 1. The van der Waals surface area contributed by atoms with Gasteiger partial charge in [0.1, 0.15) is 0 Å². The molecule has 0 atom stereocenters. The number of aliphatic hydroxyl groups is 1. The second-order valence-corrected chi connectivity index (χ2v) is 5.64. The van der Waals surface area contributed by atoms with Gasteiger partial charge in [-0.15, -0.1) is 0 Å². The standard InChI is InChI=1S/C16H21NO3/c18-8-2-7-17(15-3-1-4-15)16(19)12-5-6-13-10-20-11-14(13)9-12/h5-6,9,15,18H,1-4,7-8,10-11H2. The van der Waals surface area contributed by atoms with E-state index in [1.54, 1.807) is 0 Å². The molecule has 0 radical (unpaired) electrons. The summed E-state index contributed by atoms with van der Waals surface area (Å²) in [6.07, 6.45) is 4.03. The summed E-state index contributed by atoms with van der Waals surface area (Å²) in [5.74, 6) is 0.0952. The molecule has 0 spiro atoms. The summed E-state index contributed by atoms with van der Waals surface area (Å²) in [5.41, 5.74) is 3.07. The van der Waals surface area contributed by atoms with Crippen LogP contribution in [0.2, 0.25) is 0 Å². The van der Waals surface area contributed by atoms with Crippen LogP contribution in [-0.4, -0.2) is 35.1 Å². The molecule has 3 rings (SSSR count). The largest absolute Gasteiger partial charge is 0.396 e. The first-order chi connectivity index (χ1) is 9.79. The lowest BCUT2D eigenvalue weighted by Crippen LogP contribution is -2.45. The second-order valence-electron chi connectivity index (χ2n) is 5.64. The van der Waals surface area contributed by atoms with Crippen LogP contribution in [0.15, 0.2) is 18.2 Å². The molecule has 1 amide bonds. The van der Waals surface area contributed by atoms with Crippen molar-refractivity contribution < 1.29 is 14.6 Å². The molecule has 1 aliphatic heterocycles. The average Bonchev–Trinajstić information content (AvgIpc) is 2.87. The molecule has 4 heteroatoms. The Kier molecular flexibility index (Phi) is 4.03. The maximum atomic E-state index is 12.7. The molecule has 2 aliphatic rings. The third-order valence-corrected chi connectivity index (χ3v) is 4.30. The van der Waals surface area contributed by atoms with Gasteiger partial charge < -0.3 is 14.7 Å². The summed E-state index contributed by atoms with van der Waals surface area (Å²) in [6.45, 7) is 2.04. The fraction of sp³-hybridized carbons (Fsp3) is 0.562. The van der Waals surface area contributed by atoms with Gasteiger partial charge >= 0.3 is 0 Å². The van der Waals surface area contributed by atoms with Crippen LogP contribution < -0.4 is 0 Å². The first-order valence-corrected chi connectivity index (χ1v) is 7.41. The van der Waals surface area contributed by atoms with Crippen molar-refractivity contribution >= 4 is 5.91 Å². The molecule has 108 valence electrons. The minimum Gasteiger partial charge on any atom is -0.396 e. The molecule has 20 heavy (non-hydrogen) atoms. The molecular weight excluding hydrogens is 254 g/mol. The Labute approximate surface area is 119 Å². The molecule has 1 N–H and O–H groups in total. The van der Waals surface area contributed by atoms with Crippen molar-refractivity contribution in [3.8, 4) is 0 Å². The number of fused-ring (bicyclic) bond motifs is 1. The minimum atomic E-state index is 0.0952. The summed E-state index contributed by atoms with van der Waals surface area (Å²) in [5, 5.41) is 9.01. The van der Waals surface area contributed by atoms with Gasteiger partial charge in [-0.2, -0.15) is 0 Å². The maximum absolute atomic E-state index is 12.7. The van der Waals surface area contributed by atoms with Crippen molar-refractivity contribution in [1.29, 1.82) is 0 Å². The van der Waals surface area contributed by atoms with Gasteiger partial charge in [-0.05, 0) is 48.9 Å². The first kappa shape index (κ1) is 13.6. The molecule has 0 unspecified atom stereocenters. The zero-order chi connectivity index (χ0) is 13.9. The molecule has 1 saturated carbocycles. The smallest absolute Gasteiger partial charge is 0.254 e. The van der Waals surface area contributed by atoms with Gasteiger partial charge in [0.05, 0.1) is 13.2 Å². The molecule has 1 aromatic carbocycles. The lowest BCUT2D eigenvalue weighted by molar-refractivity contribution is 0.0562. The summed E-state index contributed by atoms with van der Waals surface area (Å²) < 4.78 is 5.40. The van der Waals surface area contributed by atoms with Gasteiger partial charge in [0, 0.05) is 24.8 Å². The van der Waals surface area contributed by atoms with Crippen LogP contribution in [0.5, 0.6) is 0 Å². The van der Waals surface area contributed by atoms with E-state index >= 15 is 0 Å². The number of nitrogens with zero attached hydrogens (tertiary/aromatic N) is 1. The highest BCUT2D eigenvalue weighted by Crippen LogP contribution is 2.27. The molecule has 1 heterocycles. The normalized spacial score (nSPS) is 17.6.